The van der Waals surface area contributed by atoms with Crippen LogP contribution >= 0.6 is 0 Å². The predicted molar refractivity (Wildman–Crippen MR) is 92.0 cm³/mol. The van der Waals surface area contributed by atoms with Gasteiger partial charge in [-0.25, -0.2) is 0 Å². The minimum atomic E-state index is -1.03. The topological polar surface area (TPSA) is 77.4 Å². The zero-order valence-electron chi connectivity index (χ0n) is 14.2. The van der Waals surface area contributed by atoms with E-state index in [1.807, 2.05) is 60.7 Å². The third-order valence-corrected chi connectivity index (χ3v) is 4.65. The summed E-state index contributed by atoms with van der Waals surface area (Å²) in [4.78, 5) is 0. The van der Waals surface area contributed by atoms with Gasteiger partial charge in [0.25, 0.3) is 0 Å². The molecule has 0 aliphatic carbocycles. The molecule has 138 valence electrons. The monoisotopic (exact) mass is 358 g/mol. The molecule has 2 fully saturated rings. The van der Waals surface area contributed by atoms with Crippen LogP contribution in [0.3, 0.4) is 0 Å². The van der Waals surface area contributed by atoms with E-state index in [0.717, 1.165) is 11.1 Å². The minimum absolute atomic E-state index is 0.0183. The van der Waals surface area contributed by atoms with E-state index < -0.39 is 37.0 Å². The average molecular weight is 358 g/mol. The molecule has 2 aliphatic rings. The molecule has 2 heterocycles. The number of aliphatic hydroxyl groups excluding tert-OH is 2. The fourth-order valence-corrected chi connectivity index (χ4v) is 3.24. The molecule has 2 aromatic carbocycles. The van der Waals surface area contributed by atoms with E-state index in [9.17, 15) is 10.2 Å². The third-order valence-electron chi connectivity index (χ3n) is 4.65. The summed E-state index contributed by atoms with van der Waals surface area (Å²) < 4.78 is 23.5. The minimum Gasteiger partial charge on any atom is -0.388 e. The number of rotatable bonds is 2. The number of benzene rings is 2. The van der Waals surface area contributed by atoms with Gasteiger partial charge in [0.2, 0.25) is 0 Å². The largest absolute Gasteiger partial charge is 0.388 e. The van der Waals surface area contributed by atoms with Crippen LogP contribution in [-0.4, -0.2) is 47.8 Å². The molecule has 6 nitrogen and oxygen atoms in total. The van der Waals surface area contributed by atoms with Crippen LogP contribution in [0.25, 0.3) is 0 Å². The standard InChI is InChI=1S/C20H22O6/c21-15-11-23-19(13-7-3-1-4-8-13)25-16-12-24-20(26-18(15)17(16)22)14-9-5-2-6-10-14/h1-10,15-22H,11-12H2/t15-,16+,17+,18+,19?,20?/m1/s1. The first-order valence-electron chi connectivity index (χ1n) is 8.72. The van der Waals surface area contributed by atoms with Crippen LogP contribution in [0.5, 0.6) is 0 Å². The van der Waals surface area contributed by atoms with Crippen LogP contribution in [0, 0.1) is 0 Å². The Labute approximate surface area is 151 Å². The summed E-state index contributed by atoms with van der Waals surface area (Å²) in [6, 6.07) is 18.9. The van der Waals surface area contributed by atoms with E-state index in [2.05, 4.69) is 0 Å². The molecule has 2 N–H and O–H groups in total. The van der Waals surface area contributed by atoms with E-state index in [0.29, 0.717) is 0 Å². The molecule has 0 spiro atoms. The summed E-state index contributed by atoms with van der Waals surface area (Å²) in [7, 11) is 0. The van der Waals surface area contributed by atoms with Crippen LogP contribution in [0.1, 0.15) is 23.7 Å². The fraction of sp³-hybridized carbons (Fsp3) is 0.400. The van der Waals surface area contributed by atoms with Gasteiger partial charge < -0.3 is 29.2 Å². The highest BCUT2D eigenvalue weighted by Gasteiger charge is 2.43. The summed E-state index contributed by atoms with van der Waals surface area (Å²) >= 11 is 0. The van der Waals surface area contributed by atoms with Crippen molar-refractivity contribution in [1.29, 1.82) is 0 Å². The smallest absolute Gasteiger partial charge is 0.184 e. The second kappa shape index (κ2) is 7.84. The molecule has 0 saturated carbocycles. The van der Waals surface area contributed by atoms with Gasteiger partial charge in [-0.1, -0.05) is 60.7 Å². The van der Waals surface area contributed by atoms with Crippen LogP contribution in [0.4, 0.5) is 0 Å². The lowest BCUT2D eigenvalue weighted by molar-refractivity contribution is -0.252. The number of hydrogen-bond donors (Lipinski definition) is 2. The van der Waals surface area contributed by atoms with Crippen LogP contribution < -0.4 is 0 Å². The highest BCUT2D eigenvalue weighted by molar-refractivity contribution is 5.17. The van der Waals surface area contributed by atoms with E-state index >= 15 is 0 Å². The normalized spacial score (nSPS) is 35.2. The predicted octanol–water partition coefficient (Wildman–Crippen LogP) is 1.94. The Bertz CT molecular complexity index is 656. The molecule has 0 amide bonds. The SMILES string of the molecule is O[C@@H]1[C@H]2OC(c3ccccc3)OC[C@@H]1OC(c1ccccc1)OC[C@H]2O. The number of hydrogen-bond acceptors (Lipinski definition) is 6. The highest BCUT2D eigenvalue weighted by Crippen LogP contribution is 2.33. The van der Waals surface area contributed by atoms with Gasteiger partial charge in [0.1, 0.15) is 24.4 Å². The quantitative estimate of drug-likeness (QED) is 0.854. The fourth-order valence-electron chi connectivity index (χ4n) is 3.24. The number of fused-ring (bicyclic) bond motifs is 2. The van der Waals surface area contributed by atoms with Crippen molar-refractivity contribution in [3.63, 3.8) is 0 Å². The van der Waals surface area contributed by atoms with E-state index in [4.69, 9.17) is 18.9 Å². The Hall–Kier alpha value is -1.80. The Morgan fingerprint density at radius 1 is 0.692 bits per heavy atom. The third kappa shape index (κ3) is 3.66. The van der Waals surface area contributed by atoms with Crippen molar-refractivity contribution in [2.45, 2.75) is 37.0 Å². The van der Waals surface area contributed by atoms with Gasteiger partial charge in [0.15, 0.2) is 12.6 Å². The number of aliphatic hydroxyl groups is 2. The molecule has 0 aromatic heterocycles. The van der Waals surface area contributed by atoms with Crippen molar-refractivity contribution >= 4 is 0 Å². The molecular formula is C20H22O6. The molecule has 2 bridgehead atoms. The van der Waals surface area contributed by atoms with Crippen LogP contribution in [-0.2, 0) is 18.9 Å². The summed E-state index contributed by atoms with van der Waals surface area (Å²) in [6.45, 7) is 0.103. The van der Waals surface area contributed by atoms with Crippen molar-refractivity contribution in [1.82, 2.24) is 0 Å². The lowest BCUT2D eigenvalue weighted by Crippen LogP contribution is -2.50. The van der Waals surface area contributed by atoms with Crippen molar-refractivity contribution in [2.24, 2.45) is 0 Å². The maximum Gasteiger partial charge on any atom is 0.184 e. The summed E-state index contributed by atoms with van der Waals surface area (Å²) in [6.07, 6.45) is -4.97. The molecule has 0 radical (unpaired) electrons. The van der Waals surface area contributed by atoms with Gasteiger partial charge >= 0.3 is 0 Å². The van der Waals surface area contributed by atoms with Crippen molar-refractivity contribution in [3.05, 3.63) is 71.8 Å². The second-order valence-corrected chi connectivity index (χ2v) is 6.49. The Kier molecular flexibility index (Phi) is 5.31. The van der Waals surface area contributed by atoms with E-state index in [-0.39, 0.29) is 13.2 Å². The van der Waals surface area contributed by atoms with Crippen molar-refractivity contribution in [2.75, 3.05) is 13.2 Å². The second-order valence-electron chi connectivity index (χ2n) is 6.49. The molecule has 2 aliphatic heterocycles. The lowest BCUT2D eigenvalue weighted by Gasteiger charge is -2.35. The van der Waals surface area contributed by atoms with Gasteiger partial charge in [-0.15, -0.1) is 0 Å². The first-order valence-corrected chi connectivity index (χ1v) is 8.72. The lowest BCUT2D eigenvalue weighted by atomic mass is 10.0. The maximum atomic E-state index is 10.7. The first kappa shape index (κ1) is 17.6. The van der Waals surface area contributed by atoms with Crippen LogP contribution in [0.15, 0.2) is 60.7 Å². The molecule has 2 aromatic rings. The van der Waals surface area contributed by atoms with E-state index in [1.165, 1.54) is 0 Å². The Morgan fingerprint density at radius 2 is 1.23 bits per heavy atom. The number of ether oxygens (including phenoxy) is 4. The zero-order valence-corrected chi connectivity index (χ0v) is 14.2. The summed E-state index contributed by atoms with van der Waals surface area (Å²) in [5, 5.41) is 21.3. The first-order chi connectivity index (χ1) is 12.7. The molecule has 2 saturated heterocycles. The molecule has 2 unspecified atom stereocenters. The van der Waals surface area contributed by atoms with E-state index in [1.54, 1.807) is 0 Å². The Morgan fingerprint density at radius 3 is 1.85 bits per heavy atom. The molecular weight excluding hydrogens is 336 g/mol. The van der Waals surface area contributed by atoms with Gasteiger partial charge in [-0.3, -0.25) is 0 Å². The average Bonchev–Trinajstić information content (AvgIpc) is 2.87. The van der Waals surface area contributed by atoms with Gasteiger partial charge in [-0.2, -0.15) is 0 Å². The van der Waals surface area contributed by atoms with Gasteiger partial charge in [0.05, 0.1) is 13.2 Å². The van der Waals surface area contributed by atoms with Crippen LogP contribution in [0.2, 0.25) is 0 Å². The summed E-state index contributed by atoms with van der Waals surface area (Å²) in [5.74, 6) is 0. The highest BCUT2D eigenvalue weighted by atomic mass is 16.7. The molecule has 26 heavy (non-hydrogen) atoms. The zero-order chi connectivity index (χ0) is 17.9. The van der Waals surface area contributed by atoms with Crippen molar-refractivity contribution in [3.8, 4) is 0 Å². The maximum absolute atomic E-state index is 10.7. The van der Waals surface area contributed by atoms with Gasteiger partial charge in [-0.05, 0) is 0 Å². The molecule has 6 atom stereocenters. The van der Waals surface area contributed by atoms with Crippen molar-refractivity contribution < 1.29 is 29.2 Å². The molecule has 6 heteroatoms. The van der Waals surface area contributed by atoms with Gasteiger partial charge in [0, 0.05) is 11.1 Å². The molecule has 4 rings (SSSR count). The Balaban J connectivity index is 1.58. The summed E-state index contributed by atoms with van der Waals surface area (Å²) in [5.41, 5.74) is 1.63.